The number of carbonyl (C=O) groups is 1. The summed E-state index contributed by atoms with van der Waals surface area (Å²) in [6, 6.07) is 3.62. The first-order valence-corrected chi connectivity index (χ1v) is 7.13. The van der Waals surface area contributed by atoms with E-state index in [-0.39, 0.29) is 5.78 Å². The molecular formula is C15H19ClN4O. The highest BCUT2D eigenvalue weighted by atomic mass is 35.5. The molecule has 0 amide bonds. The van der Waals surface area contributed by atoms with Gasteiger partial charge >= 0.3 is 0 Å². The highest BCUT2D eigenvalue weighted by Crippen LogP contribution is 2.20. The van der Waals surface area contributed by atoms with Crippen LogP contribution in [0.4, 0.5) is 0 Å². The summed E-state index contributed by atoms with van der Waals surface area (Å²) in [5, 5.41) is 4.57. The van der Waals surface area contributed by atoms with Crippen LogP contribution in [0.2, 0.25) is 5.02 Å². The molecule has 0 aliphatic rings. The van der Waals surface area contributed by atoms with Gasteiger partial charge in [-0.25, -0.2) is 0 Å². The minimum absolute atomic E-state index is 0.138. The van der Waals surface area contributed by atoms with Crippen molar-refractivity contribution in [2.45, 2.75) is 20.4 Å². The van der Waals surface area contributed by atoms with Gasteiger partial charge in [0.25, 0.3) is 0 Å². The van der Waals surface area contributed by atoms with E-state index in [0.29, 0.717) is 28.5 Å². The Morgan fingerprint density at radius 1 is 1.33 bits per heavy atom. The first-order chi connectivity index (χ1) is 9.90. The van der Waals surface area contributed by atoms with E-state index in [9.17, 15) is 4.79 Å². The van der Waals surface area contributed by atoms with Gasteiger partial charge < -0.3 is 4.90 Å². The lowest BCUT2D eigenvalue weighted by Crippen LogP contribution is -2.22. The summed E-state index contributed by atoms with van der Waals surface area (Å²) in [4.78, 5) is 19.1. The zero-order valence-electron chi connectivity index (χ0n) is 12.7. The van der Waals surface area contributed by atoms with Crippen LogP contribution in [-0.4, -0.2) is 46.1 Å². The van der Waals surface area contributed by atoms with Gasteiger partial charge in [0.1, 0.15) is 5.69 Å². The van der Waals surface area contributed by atoms with Gasteiger partial charge in [-0.3, -0.25) is 14.5 Å². The molecule has 6 heteroatoms. The molecule has 0 radical (unpaired) electrons. The average Bonchev–Trinajstić information content (AvgIpc) is 2.77. The third-order valence-corrected chi connectivity index (χ3v) is 3.52. The van der Waals surface area contributed by atoms with Gasteiger partial charge in [-0.1, -0.05) is 11.6 Å². The van der Waals surface area contributed by atoms with Gasteiger partial charge in [-0.05, 0) is 40.1 Å². The van der Waals surface area contributed by atoms with Crippen molar-refractivity contribution >= 4 is 17.4 Å². The van der Waals surface area contributed by atoms with Crippen molar-refractivity contribution in [3.8, 4) is 0 Å². The smallest absolute Gasteiger partial charge is 0.214 e. The maximum absolute atomic E-state index is 12.7. The highest BCUT2D eigenvalue weighted by molar-refractivity contribution is 6.34. The molecule has 2 heterocycles. The number of ketones is 1. The number of halogens is 1. The number of nitrogens with zero attached hydrogens (tertiary/aromatic N) is 4. The van der Waals surface area contributed by atoms with Gasteiger partial charge in [-0.2, -0.15) is 5.10 Å². The summed E-state index contributed by atoms with van der Waals surface area (Å²) in [6.45, 7) is 5.12. The van der Waals surface area contributed by atoms with Gasteiger partial charge in [0, 0.05) is 23.5 Å². The van der Waals surface area contributed by atoms with E-state index in [1.54, 1.807) is 10.7 Å². The maximum Gasteiger partial charge on any atom is 0.214 e. The SMILES string of the molecule is Cc1ccc(C(=O)c2c(Cl)cnn2CCN(C)C)c(C)n1. The van der Waals surface area contributed by atoms with Crippen LogP contribution < -0.4 is 0 Å². The molecule has 112 valence electrons. The van der Waals surface area contributed by atoms with Gasteiger partial charge in [0.2, 0.25) is 5.78 Å². The van der Waals surface area contributed by atoms with E-state index in [1.807, 2.05) is 38.9 Å². The van der Waals surface area contributed by atoms with Crippen molar-refractivity contribution in [1.29, 1.82) is 0 Å². The summed E-state index contributed by atoms with van der Waals surface area (Å²) in [6.07, 6.45) is 1.52. The van der Waals surface area contributed by atoms with E-state index in [4.69, 9.17) is 11.6 Å². The number of aryl methyl sites for hydroxylation is 2. The second kappa shape index (κ2) is 6.37. The molecule has 0 atom stereocenters. The van der Waals surface area contributed by atoms with Crippen molar-refractivity contribution in [1.82, 2.24) is 19.7 Å². The number of aromatic nitrogens is 3. The monoisotopic (exact) mass is 306 g/mol. The lowest BCUT2D eigenvalue weighted by atomic mass is 10.1. The zero-order valence-corrected chi connectivity index (χ0v) is 13.5. The lowest BCUT2D eigenvalue weighted by molar-refractivity contribution is 0.102. The minimum Gasteiger partial charge on any atom is -0.308 e. The van der Waals surface area contributed by atoms with Gasteiger partial charge in [0.05, 0.1) is 17.8 Å². The highest BCUT2D eigenvalue weighted by Gasteiger charge is 2.21. The van der Waals surface area contributed by atoms with E-state index < -0.39 is 0 Å². The van der Waals surface area contributed by atoms with E-state index >= 15 is 0 Å². The number of likely N-dealkylation sites (N-methyl/N-ethyl adjacent to an activating group) is 1. The Hall–Kier alpha value is -1.72. The van der Waals surface area contributed by atoms with Gasteiger partial charge in [0.15, 0.2) is 0 Å². The van der Waals surface area contributed by atoms with E-state index in [0.717, 1.165) is 12.2 Å². The number of rotatable bonds is 5. The van der Waals surface area contributed by atoms with Crippen LogP contribution in [0.3, 0.4) is 0 Å². The normalized spacial score (nSPS) is 11.1. The first kappa shape index (κ1) is 15.7. The van der Waals surface area contributed by atoms with Crippen molar-refractivity contribution in [2.75, 3.05) is 20.6 Å². The summed E-state index contributed by atoms with van der Waals surface area (Å²) >= 11 is 6.15. The second-order valence-corrected chi connectivity index (χ2v) is 5.69. The molecule has 2 aromatic heterocycles. The largest absolute Gasteiger partial charge is 0.308 e. The molecule has 0 saturated heterocycles. The Morgan fingerprint density at radius 3 is 2.67 bits per heavy atom. The minimum atomic E-state index is -0.138. The average molecular weight is 307 g/mol. The quantitative estimate of drug-likeness (QED) is 0.796. The predicted octanol–water partition coefficient (Wildman–Crippen LogP) is 2.34. The third-order valence-electron chi connectivity index (χ3n) is 3.24. The standard InChI is InChI=1S/C15H19ClN4O/c1-10-5-6-12(11(2)18-10)15(21)14-13(16)9-17-20(14)8-7-19(3)4/h5-6,9H,7-8H2,1-4H3. The van der Waals surface area contributed by atoms with Crippen molar-refractivity contribution in [2.24, 2.45) is 0 Å². The van der Waals surface area contributed by atoms with Crippen LogP contribution in [0, 0.1) is 13.8 Å². The molecule has 0 unspecified atom stereocenters. The fourth-order valence-electron chi connectivity index (χ4n) is 2.11. The molecule has 21 heavy (non-hydrogen) atoms. The fraction of sp³-hybridized carbons (Fsp3) is 0.400. The summed E-state index contributed by atoms with van der Waals surface area (Å²) in [7, 11) is 3.95. The molecule has 0 saturated carbocycles. The Kier molecular flexibility index (Phi) is 4.75. The Balaban J connectivity index is 2.36. The van der Waals surface area contributed by atoms with E-state index in [2.05, 4.69) is 10.1 Å². The zero-order chi connectivity index (χ0) is 15.6. The number of hydrogen-bond donors (Lipinski definition) is 0. The lowest BCUT2D eigenvalue weighted by Gasteiger charge is -2.12. The number of carbonyl (C=O) groups excluding carboxylic acids is 1. The molecule has 2 aromatic rings. The van der Waals surface area contributed by atoms with Crippen LogP contribution in [-0.2, 0) is 6.54 Å². The molecule has 0 bridgehead atoms. The molecule has 0 fully saturated rings. The Bertz CT molecular complexity index is 664. The van der Waals surface area contributed by atoms with Crippen LogP contribution in [0.15, 0.2) is 18.3 Å². The third kappa shape index (κ3) is 3.49. The van der Waals surface area contributed by atoms with Crippen molar-refractivity contribution < 1.29 is 4.79 Å². The molecule has 0 aromatic carbocycles. The molecular weight excluding hydrogens is 288 g/mol. The first-order valence-electron chi connectivity index (χ1n) is 6.75. The number of hydrogen-bond acceptors (Lipinski definition) is 4. The predicted molar refractivity (Wildman–Crippen MR) is 82.9 cm³/mol. The van der Waals surface area contributed by atoms with Crippen LogP contribution in [0.25, 0.3) is 0 Å². The van der Waals surface area contributed by atoms with Gasteiger partial charge in [-0.15, -0.1) is 0 Å². The Morgan fingerprint density at radius 2 is 2.05 bits per heavy atom. The molecule has 0 N–H and O–H groups in total. The van der Waals surface area contributed by atoms with E-state index in [1.165, 1.54) is 6.20 Å². The molecule has 0 aliphatic carbocycles. The summed E-state index contributed by atoms with van der Waals surface area (Å²) in [5.41, 5.74) is 2.58. The Labute approximate surface area is 129 Å². The topological polar surface area (TPSA) is 51.0 Å². The molecule has 0 spiro atoms. The molecule has 2 rings (SSSR count). The summed E-state index contributed by atoms with van der Waals surface area (Å²) < 4.78 is 1.66. The molecule has 0 aliphatic heterocycles. The maximum atomic E-state index is 12.7. The van der Waals surface area contributed by atoms with Crippen LogP contribution in [0.5, 0.6) is 0 Å². The van der Waals surface area contributed by atoms with Crippen LogP contribution in [0.1, 0.15) is 27.4 Å². The second-order valence-electron chi connectivity index (χ2n) is 5.28. The fourth-order valence-corrected chi connectivity index (χ4v) is 2.33. The van der Waals surface area contributed by atoms with Crippen molar-refractivity contribution in [3.63, 3.8) is 0 Å². The number of pyridine rings is 1. The molecule has 5 nitrogen and oxygen atoms in total. The summed E-state index contributed by atoms with van der Waals surface area (Å²) in [5.74, 6) is -0.138. The van der Waals surface area contributed by atoms with Crippen molar-refractivity contribution in [3.05, 3.63) is 46.0 Å². The van der Waals surface area contributed by atoms with Crippen LogP contribution >= 0.6 is 11.6 Å².